The molecule has 0 unspecified atom stereocenters. The number of piperazine rings is 1. The lowest BCUT2D eigenvalue weighted by molar-refractivity contribution is -0.127. The van der Waals surface area contributed by atoms with Crippen LogP contribution in [-0.4, -0.2) is 61.0 Å². The Bertz CT molecular complexity index is 873. The van der Waals surface area contributed by atoms with Gasteiger partial charge in [-0.05, 0) is 30.5 Å². The summed E-state index contributed by atoms with van der Waals surface area (Å²) in [4.78, 5) is 32.8. The van der Waals surface area contributed by atoms with Gasteiger partial charge in [0.25, 0.3) is 5.91 Å². The number of aromatic nitrogens is 1. The second-order valence-corrected chi connectivity index (χ2v) is 7.86. The van der Waals surface area contributed by atoms with Gasteiger partial charge < -0.3 is 20.4 Å². The number of likely N-dealkylation sites (tertiary alicyclic amines) is 1. The molecular weight excluding hydrogens is 378 g/mol. The van der Waals surface area contributed by atoms with Gasteiger partial charge in [-0.25, -0.2) is 4.98 Å². The molecule has 7 heteroatoms. The zero-order valence-corrected chi connectivity index (χ0v) is 17.2. The molecule has 2 aliphatic rings. The summed E-state index contributed by atoms with van der Waals surface area (Å²) < 4.78 is 0. The normalized spacial score (nSPS) is 19.2. The predicted molar refractivity (Wildman–Crippen MR) is 116 cm³/mol. The third-order valence-electron chi connectivity index (χ3n) is 5.77. The maximum Gasteiger partial charge on any atom is 0.251 e. The summed E-state index contributed by atoms with van der Waals surface area (Å²) in [6.45, 7) is 4.64. The number of hydrogen-bond donors (Lipinski definition) is 2. The summed E-state index contributed by atoms with van der Waals surface area (Å²) >= 11 is 0. The molecule has 0 saturated carbocycles. The van der Waals surface area contributed by atoms with Gasteiger partial charge in [0.1, 0.15) is 5.82 Å². The van der Waals surface area contributed by atoms with Crippen LogP contribution in [0.1, 0.15) is 41.2 Å². The van der Waals surface area contributed by atoms with Gasteiger partial charge in [0.15, 0.2) is 0 Å². The zero-order chi connectivity index (χ0) is 20.8. The van der Waals surface area contributed by atoms with Crippen LogP contribution < -0.4 is 15.5 Å². The van der Waals surface area contributed by atoms with Crippen LogP contribution in [-0.2, 0) is 4.79 Å². The first-order valence-corrected chi connectivity index (χ1v) is 10.8. The number of benzene rings is 1. The second-order valence-electron chi connectivity index (χ2n) is 7.86. The summed E-state index contributed by atoms with van der Waals surface area (Å²) in [7, 11) is 0. The molecule has 1 aromatic heterocycles. The van der Waals surface area contributed by atoms with Crippen LogP contribution in [0.4, 0.5) is 5.82 Å². The van der Waals surface area contributed by atoms with Gasteiger partial charge >= 0.3 is 0 Å². The molecule has 4 rings (SSSR count). The average Bonchev–Trinajstić information content (AvgIpc) is 3.22. The largest absolute Gasteiger partial charge is 0.353 e. The van der Waals surface area contributed by atoms with Crippen molar-refractivity contribution in [2.24, 2.45) is 0 Å². The van der Waals surface area contributed by atoms with Crippen molar-refractivity contribution in [3.63, 3.8) is 0 Å². The van der Waals surface area contributed by atoms with Gasteiger partial charge in [-0.15, -0.1) is 0 Å². The van der Waals surface area contributed by atoms with Crippen LogP contribution >= 0.6 is 0 Å². The Balaban J connectivity index is 1.31. The second kappa shape index (κ2) is 9.71. The van der Waals surface area contributed by atoms with Crippen LogP contribution in [0.15, 0.2) is 48.7 Å². The molecule has 3 heterocycles. The van der Waals surface area contributed by atoms with Crippen molar-refractivity contribution in [3.05, 3.63) is 59.8 Å². The Morgan fingerprint density at radius 3 is 2.87 bits per heavy atom. The highest BCUT2D eigenvalue weighted by molar-refractivity contribution is 5.94. The predicted octanol–water partition coefficient (Wildman–Crippen LogP) is 1.97. The molecule has 0 spiro atoms. The van der Waals surface area contributed by atoms with E-state index in [1.807, 2.05) is 17.0 Å². The Morgan fingerprint density at radius 1 is 1.20 bits per heavy atom. The lowest BCUT2D eigenvalue weighted by Crippen LogP contribution is -2.46. The number of carbonyl (C=O) groups is 2. The van der Waals surface area contributed by atoms with E-state index in [-0.39, 0.29) is 17.9 Å². The summed E-state index contributed by atoms with van der Waals surface area (Å²) in [5.41, 5.74) is 1.87. The first kappa shape index (κ1) is 20.3. The lowest BCUT2D eigenvalue weighted by Gasteiger charge is -2.34. The quantitative estimate of drug-likeness (QED) is 0.687. The molecule has 30 heavy (non-hydrogen) atoms. The van der Waals surface area contributed by atoms with Gasteiger partial charge in [-0.1, -0.05) is 30.3 Å². The topological polar surface area (TPSA) is 77.6 Å². The third-order valence-corrected chi connectivity index (χ3v) is 5.77. The summed E-state index contributed by atoms with van der Waals surface area (Å²) in [5, 5.41) is 6.52. The number of nitrogens with one attached hydrogen (secondary N) is 2. The summed E-state index contributed by atoms with van der Waals surface area (Å²) in [5.74, 6) is 0.957. The number of rotatable bonds is 7. The minimum Gasteiger partial charge on any atom is -0.353 e. The SMILES string of the molecule is O=C(NCCCN1CCCC1=O)c1ccnc(N2CCN[C@@H](c3ccccc3)C2)c1. The fourth-order valence-corrected chi connectivity index (χ4v) is 4.11. The Morgan fingerprint density at radius 2 is 2.07 bits per heavy atom. The Kier molecular flexibility index (Phi) is 6.59. The van der Waals surface area contributed by atoms with E-state index in [2.05, 4.69) is 44.8 Å². The highest BCUT2D eigenvalue weighted by atomic mass is 16.2. The van der Waals surface area contributed by atoms with Gasteiger partial charge in [-0.3, -0.25) is 9.59 Å². The smallest absolute Gasteiger partial charge is 0.251 e. The van der Waals surface area contributed by atoms with Crippen LogP contribution in [0.5, 0.6) is 0 Å². The molecule has 2 fully saturated rings. The molecule has 2 saturated heterocycles. The third kappa shape index (κ3) is 4.97. The number of hydrogen-bond acceptors (Lipinski definition) is 5. The highest BCUT2D eigenvalue weighted by Gasteiger charge is 2.22. The van der Waals surface area contributed by atoms with E-state index in [1.54, 1.807) is 12.3 Å². The van der Waals surface area contributed by atoms with Crippen LogP contribution in [0.3, 0.4) is 0 Å². The van der Waals surface area contributed by atoms with Gasteiger partial charge in [0.05, 0.1) is 0 Å². The molecule has 0 aliphatic carbocycles. The highest BCUT2D eigenvalue weighted by Crippen LogP contribution is 2.21. The van der Waals surface area contributed by atoms with Crippen molar-refractivity contribution in [3.8, 4) is 0 Å². The van der Waals surface area contributed by atoms with Crippen LogP contribution in [0.25, 0.3) is 0 Å². The molecule has 2 aromatic rings. The zero-order valence-electron chi connectivity index (χ0n) is 17.2. The Hall–Kier alpha value is -2.93. The van der Waals surface area contributed by atoms with Crippen molar-refractivity contribution in [1.29, 1.82) is 0 Å². The first-order chi connectivity index (χ1) is 14.7. The Labute approximate surface area is 177 Å². The van der Waals surface area contributed by atoms with Gasteiger partial charge in [-0.2, -0.15) is 0 Å². The molecule has 0 bridgehead atoms. The van der Waals surface area contributed by atoms with Crippen molar-refractivity contribution in [1.82, 2.24) is 20.5 Å². The van der Waals surface area contributed by atoms with Gasteiger partial charge in [0.2, 0.25) is 5.91 Å². The van der Waals surface area contributed by atoms with E-state index in [1.165, 1.54) is 5.56 Å². The summed E-state index contributed by atoms with van der Waals surface area (Å²) in [6.07, 6.45) is 4.07. The molecule has 158 valence electrons. The molecule has 1 aromatic carbocycles. The van der Waals surface area contributed by atoms with E-state index in [9.17, 15) is 9.59 Å². The van der Waals surface area contributed by atoms with E-state index in [0.717, 1.165) is 44.8 Å². The van der Waals surface area contributed by atoms with Crippen LogP contribution in [0.2, 0.25) is 0 Å². The van der Waals surface area contributed by atoms with Crippen molar-refractivity contribution < 1.29 is 9.59 Å². The van der Waals surface area contributed by atoms with Crippen LogP contribution in [0, 0.1) is 0 Å². The molecule has 7 nitrogen and oxygen atoms in total. The van der Waals surface area contributed by atoms with Crippen molar-refractivity contribution in [2.75, 3.05) is 44.2 Å². The molecular formula is C23H29N5O2. The number of amides is 2. The fourth-order valence-electron chi connectivity index (χ4n) is 4.11. The van der Waals surface area contributed by atoms with E-state index >= 15 is 0 Å². The minimum atomic E-state index is -0.0962. The van der Waals surface area contributed by atoms with E-state index in [4.69, 9.17) is 0 Å². The number of anilines is 1. The standard InChI is InChI=1S/C23H29N5O2/c29-22-8-4-13-27(22)14-5-10-26-23(30)19-9-11-25-21(16-19)28-15-12-24-20(17-28)18-6-2-1-3-7-18/h1-3,6-7,9,11,16,20,24H,4-5,8,10,12-15,17H2,(H,26,30)/t20-/m1/s1. The lowest BCUT2D eigenvalue weighted by atomic mass is 10.0. The molecule has 1 atom stereocenters. The fraction of sp³-hybridized carbons (Fsp3) is 0.435. The van der Waals surface area contributed by atoms with Crippen molar-refractivity contribution >= 4 is 17.6 Å². The van der Waals surface area contributed by atoms with Gasteiger partial charge in [0, 0.05) is 63.5 Å². The molecule has 0 radical (unpaired) electrons. The van der Waals surface area contributed by atoms with Crippen molar-refractivity contribution in [2.45, 2.75) is 25.3 Å². The molecule has 2 aliphatic heterocycles. The maximum absolute atomic E-state index is 12.6. The number of carbonyl (C=O) groups excluding carboxylic acids is 2. The first-order valence-electron chi connectivity index (χ1n) is 10.8. The maximum atomic E-state index is 12.6. The molecule has 2 amide bonds. The summed E-state index contributed by atoms with van der Waals surface area (Å²) in [6, 6.07) is 14.3. The minimum absolute atomic E-state index is 0.0962. The number of pyridine rings is 1. The monoisotopic (exact) mass is 407 g/mol. The van der Waals surface area contributed by atoms with E-state index < -0.39 is 0 Å². The average molecular weight is 408 g/mol. The number of nitrogens with zero attached hydrogens (tertiary/aromatic N) is 3. The molecule has 2 N–H and O–H groups in total. The van der Waals surface area contributed by atoms with E-state index in [0.29, 0.717) is 25.1 Å².